The number of amides is 1. The first-order chi connectivity index (χ1) is 19.2. The van der Waals surface area contributed by atoms with Gasteiger partial charge in [0.1, 0.15) is 17.9 Å². The van der Waals surface area contributed by atoms with Gasteiger partial charge in [0.05, 0.1) is 13.0 Å². The largest absolute Gasteiger partial charge is 0.497 e. The molecule has 2 fully saturated rings. The van der Waals surface area contributed by atoms with Crippen LogP contribution in [0.15, 0.2) is 30.6 Å². The highest BCUT2D eigenvalue weighted by molar-refractivity contribution is 5.85. The molecule has 0 unspecified atom stereocenters. The highest BCUT2D eigenvalue weighted by Gasteiger charge is 2.29. The number of aromatic nitrogens is 4. The SMILES string of the molecule is COc1ccc(N2CCN(CCNC(=O)[C@@H]3CCCN(c4ncnc5c4nc4n5CCCCC4)C3)CC2)cc1. The van der Waals surface area contributed by atoms with E-state index in [-0.39, 0.29) is 11.8 Å². The van der Waals surface area contributed by atoms with Crippen LogP contribution in [-0.2, 0) is 17.8 Å². The second-order valence-corrected chi connectivity index (χ2v) is 11.0. The number of aryl methyl sites for hydroxylation is 2. The van der Waals surface area contributed by atoms with Crippen molar-refractivity contribution >= 4 is 28.6 Å². The number of piperidine rings is 1. The van der Waals surface area contributed by atoms with Crippen molar-refractivity contribution in [2.45, 2.75) is 45.1 Å². The van der Waals surface area contributed by atoms with Gasteiger partial charge >= 0.3 is 0 Å². The number of rotatable bonds is 7. The molecule has 10 nitrogen and oxygen atoms in total. The number of fused-ring (bicyclic) bond motifs is 3. The summed E-state index contributed by atoms with van der Waals surface area (Å²) in [5, 5.41) is 3.22. The molecule has 3 aliphatic heterocycles. The van der Waals surface area contributed by atoms with Crippen molar-refractivity contribution in [2.24, 2.45) is 5.92 Å². The molecule has 0 bridgehead atoms. The number of nitrogens with zero attached hydrogens (tertiary/aromatic N) is 7. The van der Waals surface area contributed by atoms with Crippen LogP contribution in [0.1, 0.15) is 37.9 Å². The normalized spacial score (nSPS) is 20.5. The maximum absolute atomic E-state index is 13.1. The molecular formula is C29H40N8O2. The number of ether oxygens (including phenoxy) is 1. The third-order valence-corrected chi connectivity index (χ3v) is 8.50. The van der Waals surface area contributed by atoms with E-state index in [0.717, 1.165) is 93.6 Å². The summed E-state index contributed by atoms with van der Waals surface area (Å²) in [6, 6.07) is 8.27. The molecule has 6 rings (SSSR count). The highest BCUT2D eigenvalue weighted by Crippen LogP contribution is 2.29. The summed E-state index contributed by atoms with van der Waals surface area (Å²) in [5.41, 5.74) is 3.07. The van der Waals surface area contributed by atoms with Gasteiger partial charge in [-0.15, -0.1) is 0 Å². The zero-order valence-corrected chi connectivity index (χ0v) is 23.0. The fraction of sp³-hybridized carbons (Fsp3) is 0.586. The van der Waals surface area contributed by atoms with Gasteiger partial charge in [-0.25, -0.2) is 15.0 Å². The van der Waals surface area contributed by atoms with Crippen LogP contribution >= 0.6 is 0 Å². The highest BCUT2D eigenvalue weighted by atomic mass is 16.5. The molecule has 2 saturated heterocycles. The van der Waals surface area contributed by atoms with Gasteiger partial charge in [-0.3, -0.25) is 9.69 Å². The lowest BCUT2D eigenvalue weighted by Crippen LogP contribution is -2.49. The number of benzene rings is 1. The number of anilines is 2. The van der Waals surface area contributed by atoms with Crippen LogP contribution in [0, 0.1) is 5.92 Å². The minimum absolute atomic E-state index is 0.0314. The number of carbonyl (C=O) groups excluding carboxylic acids is 1. The maximum Gasteiger partial charge on any atom is 0.224 e. The summed E-state index contributed by atoms with van der Waals surface area (Å²) < 4.78 is 7.55. The molecule has 1 atom stereocenters. The van der Waals surface area contributed by atoms with Crippen molar-refractivity contribution < 1.29 is 9.53 Å². The first kappa shape index (κ1) is 25.9. The zero-order valence-electron chi connectivity index (χ0n) is 23.0. The van der Waals surface area contributed by atoms with Crippen molar-refractivity contribution in [3.8, 4) is 5.75 Å². The minimum atomic E-state index is -0.0314. The van der Waals surface area contributed by atoms with Crippen molar-refractivity contribution in [2.75, 3.05) is 69.3 Å². The molecule has 3 aromatic rings. The van der Waals surface area contributed by atoms with Crippen LogP contribution in [0.25, 0.3) is 11.2 Å². The number of hydrogen-bond acceptors (Lipinski definition) is 8. The molecule has 39 heavy (non-hydrogen) atoms. The number of hydrogen-bond donors (Lipinski definition) is 1. The Balaban J connectivity index is 0.999. The Morgan fingerprint density at radius 2 is 1.82 bits per heavy atom. The summed E-state index contributed by atoms with van der Waals surface area (Å²) in [6.45, 7) is 8.09. The summed E-state index contributed by atoms with van der Waals surface area (Å²) in [5.74, 6) is 3.02. The van der Waals surface area contributed by atoms with Gasteiger partial charge in [-0.1, -0.05) is 6.42 Å². The summed E-state index contributed by atoms with van der Waals surface area (Å²) >= 11 is 0. The van der Waals surface area contributed by atoms with Crippen molar-refractivity contribution in [3.63, 3.8) is 0 Å². The van der Waals surface area contributed by atoms with Crippen LogP contribution in [0.5, 0.6) is 5.75 Å². The van der Waals surface area contributed by atoms with Gasteiger partial charge in [0.2, 0.25) is 5.91 Å². The molecule has 0 radical (unpaired) electrons. The molecule has 208 valence electrons. The van der Waals surface area contributed by atoms with E-state index < -0.39 is 0 Å². The Morgan fingerprint density at radius 1 is 0.974 bits per heavy atom. The zero-order chi connectivity index (χ0) is 26.6. The second-order valence-electron chi connectivity index (χ2n) is 11.0. The predicted molar refractivity (Wildman–Crippen MR) is 152 cm³/mol. The summed E-state index contributed by atoms with van der Waals surface area (Å²) in [6.07, 6.45) is 8.14. The fourth-order valence-corrected chi connectivity index (χ4v) is 6.24. The van der Waals surface area contributed by atoms with Gasteiger partial charge in [0.15, 0.2) is 17.0 Å². The molecule has 10 heteroatoms. The molecule has 2 aromatic heterocycles. The molecule has 1 aromatic carbocycles. The van der Waals surface area contributed by atoms with E-state index in [0.29, 0.717) is 13.1 Å². The van der Waals surface area contributed by atoms with Gasteiger partial charge in [-0.2, -0.15) is 0 Å². The average Bonchev–Trinajstić information content (AvgIpc) is 3.18. The summed E-state index contributed by atoms with van der Waals surface area (Å²) in [4.78, 5) is 34.4. The van der Waals surface area contributed by atoms with Crippen molar-refractivity contribution in [1.82, 2.24) is 29.7 Å². The van der Waals surface area contributed by atoms with Gasteiger partial charge in [0, 0.05) is 71.0 Å². The lowest BCUT2D eigenvalue weighted by atomic mass is 9.97. The first-order valence-corrected chi connectivity index (χ1v) is 14.5. The monoisotopic (exact) mass is 532 g/mol. The molecular weight excluding hydrogens is 492 g/mol. The number of carbonyl (C=O) groups is 1. The average molecular weight is 533 g/mol. The van der Waals surface area contributed by atoms with Gasteiger partial charge in [0.25, 0.3) is 0 Å². The topological polar surface area (TPSA) is 91.7 Å². The van der Waals surface area contributed by atoms with Crippen LogP contribution in [0.4, 0.5) is 11.5 Å². The lowest BCUT2D eigenvalue weighted by molar-refractivity contribution is -0.125. The van der Waals surface area contributed by atoms with Crippen LogP contribution in [-0.4, -0.2) is 89.8 Å². The molecule has 5 heterocycles. The van der Waals surface area contributed by atoms with E-state index in [9.17, 15) is 4.79 Å². The predicted octanol–water partition coefficient (Wildman–Crippen LogP) is 2.72. The molecule has 0 spiro atoms. The van der Waals surface area contributed by atoms with Gasteiger partial charge in [-0.05, 0) is 49.9 Å². The van der Waals surface area contributed by atoms with E-state index in [1.807, 2.05) is 12.1 Å². The molecule has 3 aliphatic rings. The quantitative estimate of drug-likeness (QED) is 0.497. The van der Waals surface area contributed by atoms with Crippen LogP contribution in [0.2, 0.25) is 0 Å². The lowest BCUT2D eigenvalue weighted by Gasteiger charge is -2.36. The third kappa shape index (κ3) is 5.66. The standard InChI is InChI=1S/C29H40N8O2/c1-39-24-10-8-23(9-11-24)35-18-16-34(17-19-35)15-12-30-29(38)22-6-5-13-36(20-22)27-26-28(32-21-31-27)37-14-4-2-3-7-25(37)33-26/h8-11,21-22H,2-7,12-20H2,1H3,(H,30,38)/t22-/m1/s1. The number of nitrogens with one attached hydrogen (secondary N) is 1. The molecule has 0 aliphatic carbocycles. The smallest absolute Gasteiger partial charge is 0.224 e. The number of methoxy groups -OCH3 is 1. The Hall–Kier alpha value is -3.40. The first-order valence-electron chi connectivity index (χ1n) is 14.5. The van der Waals surface area contributed by atoms with Crippen LogP contribution < -0.4 is 19.9 Å². The Labute approximate surface area is 230 Å². The third-order valence-electron chi connectivity index (χ3n) is 8.50. The van der Waals surface area contributed by atoms with Crippen molar-refractivity contribution in [1.29, 1.82) is 0 Å². The van der Waals surface area contributed by atoms with Crippen molar-refractivity contribution in [3.05, 3.63) is 36.4 Å². The van der Waals surface area contributed by atoms with Crippen LogP contribution in [0.3, 0.4) is 0 Å². The van der Waals surface area contributed by atoms with Gasteiger partial charge < -0.3 is 24.4 Å². The Kier molecular flexibility index (Phi) is 7.81. The van der Waals surface area contributed by atoms with E-state index >= 15 is 0 Å². The van der Waals surface area contributed by atoms with E-state index in [1.165, 1.54) is 24.9 Å². The Bertz CT molecular complexity index is 1270. The van der Waals surface area contributed by atoms with E-state index in [1.54, 1.807) is 13.4 Å². The molecule has 1 N–H and O–H groups in total. The van der Waals surface area contributed by atoms with E-state index in [2.05, 4.69) is 46.7 Å². The minimum Gasteiger partial charge on any atom is -0.497 e. The van der Waals surface area contributed by atoms with E-state index in [4.69, 9.17) is 9.72 Å². The Morgan fingerprint density at radius 3 is 2.64 bits per heavy atom. The fourth-order valence-electron chi connectivity index (χ4n) is 6.24. The summed E-state index contributed by atoms with van der Waals surface area (Å²) in [7, 11) is 1.69. The second kappa shape index (κ2) is 11.8. The molecule has 1 amide bonds. The maximum atomic E-state index is 13.1. The number of imidazole rings is 1. The number of piperazine rings is 1. The molecule has 0 saturated carbocycles.